The number of carbonyl (C=O) groups is 1. The van der Waals surface area contributed by atoms with E-state index in [2.05, 4.69) is 5.32 Å². The van der Waals surface area contributed by atoms with Crippen LogP contribution < -0.4 is 5.32 Å². The fourth-order valence-corrected chi connectivity index (χ4v) is 2.78. The Morgan fingerprint density at radius 2 is 1.84 bits per heavy atom. The quantitative estimate of drug-likeness (QED) is 0.303. The van der Waals surface area contributed by atoms with E-state index < -0.39 is 56.7 Å². The maximum absolute atomic E-state index is 11.0. The number of rotatable bonds is 4. The summed E-state index contributed by atoms with van der Waals surface area (Å²) in [5, 5.41) is 30.8. The highest BCUT2D eigenvalue weighted by atomic mass is 31.2. The van der Waals surface area contributed by atoms with Crippen molar-refractivity contribution in [3.8, 4) is 0 Å². The molecule has 0 radical (unpaired) electrons. The third-order valence-corrected chi connectivity index (χ3v) is 3.65. The number of nitrogens with one attached hydrogen (secondary N) is 1. The van der Waals surface area contributed by atoms with Crippen molar-refractivity contribution in [2.45, 2.75) is 37.4 Å². The molecule has 19 heavy (non-hydrogen) atoms. The number of amides is 1. The van der Waals surface area contributed by atoms with Crippen molar-refractivity contribution in [3.05, 3.63) is 0 Å². The van der Waals surface area contributed by atoms with Crippen molar-refractivity contribution in [2.75, 3.05) is 12.8 Å². The molecule has 1 fully saturated rings. The van der Waals surface area contributed by atoms with Gasteiger partial charge in [-0.2, -0.15) is 0 Å². The van der Waals surface area contributed by atoms with Crippen LogP contribution in [0, 0.1) is 0 Å². The first-order valence-electron chi connectivity index (χ1n) is 5.60. The topological polar surface area (TPSA) is 157 Å². The lowest BCUT2D eigenvalue weighted by Gasteiger charge is -2.42. The summed E-state index contributed by atoms with van der Waals surface area (Å²) < 4.78 is 16.1. The average molecular weight is 299 g/mol. The molecule has 10 heteroatoms. The number of hydrogen-bond acceptors (Lipinski definition) is 6. The first-order valence-corrected chi connectivity index (χ1v) is 7.39. The van der Waals surface area contributed by atoms with Gasteiger partial charge in [0.25, 0.3) is 0 Å². The smallest absolute Gasteiger partial charge is 0.328 e. The molecule has 112 valence electrons. The van der Waals surface area contributed by atoms with Crippen molar-refractivity contribution in [2.24, 2.45) is 0 Å². The average Bonchev–Trinajstić information content (AvgIpc) is 2.26. The van der Waals surface area contributed by atoms with Gasteiger partial charge in [-0.15, -0.1) is 0 Å². The molecule has 0 bridgehead atoms. The SMILES string of the molecule is CC(=O)N[C@H]1[C@@H](O)[C@H](O)[C@@H](CO)O[C@@H]1CP(=O)(O)O. The number of hydrogen-bond donors (Lipinski definition) is 6. The molecule has 0 aromatic rings. The predicted octanol–water partition coefficient (Wildman–Crippen LogP) is -2.85. The summed E-state index contributed by atoms with van der Waals surface area (Å²) in [6.45, 7) is 0.536. The molecule has 5 atom stereocenters. The van der Waals surface area contributed by atoms with Crippen LogP contribution in [0.3, 0.4) is 0 Å². The molecule has 1 saturated heterocycles. The van der Waals surface area contributed by atoms with Crippen LogP contribution in [0.15, 0.2) is 0 Å². The Labute approximate surface area is 109 Å². The van der Waals surface area contributed by atoms with E-state index in [4.69, 9.17) is 19.6 Å². The molecule has 0 aliphatic carbocycles. The largest absolute Gasteiger partial charge is 0.394 e. The first kappa shape index (κ1) is 16.5. The predicted molar refractivity (Wildman–Crippen MR) is 62.3 cm³/mol. The van der Waals surface area contributed by atoms with E-state index in [1.54, 1.807) is 0 Å². The molecule has 1 amide bonds. The molecule has 0 spiro atoms. The lowest BCUT2D eigenvalue weighted by atomic mass is 9.93. The van der Waals surface area contributed by atoms with Crippen molar-refractivity contribution in [1.29, 1.82) is 0 Å². The summed E-state index contributed by atoms with van der Waals surface area (Å²) >= 11 is 0. The zero-order valence-electron chi connectivity index (χ0n) is 10.2. The fourth-order valence-electron chi connectivity index (χ4n) is 2.00. The van der Waals surface area contributed by atoms with Crippen LogP contribution in [0.5, 0.6) is 0 Å². The van der Waals surface area contributed by atoms with E-state index in [0.29, 0.717) is 0 Å². The van der Waals surface area contributed by atoms with Crippen molar-refractivity contribution >= 4 is 13.5 Å². The van der Waals surface area contributed by atoms with Crippen molar-refractivity contribution < 1.29 is 39.2 Å². The van der Waals surface area contributed by atoms with E-state index in [1.807, 2.05) is 0 Å². The molecular weight excluding hydrogens is 281 g/mol. The Bertz CT molecular complexity index is 371. The van der Waals surface area contributed by atoms with Gasteiger partial charge in [0, 0.05) is 6.92 Å². The van der Waals surface area contributed by atoms with Gasteiger partial charge in [-0.05, 0) is 0 Å². The summed E-state index contributed by atoms with van der Waals surface area (Å²) in [6, 6.07) is -1.16. The highest BCUT2D eigenvalue weighted by Crippen LogP contribution is 2.38. The van der Waals surface area contributed by atoms with Crippen LogP contribution in [0.4, 0.5) is 0 Å². The second-order valence-corrected chi connectivity index (χ2v) is 6.14. The summed E-state index contributed by atoms with van der Waals surface area (Å²) in [7, 11) is -4.45. The van der Waals surface area contributed by atoms with E-state index in [9.17, 15) is 19.6 Å². The normalized spacial score (nSPS) is 36.0. The molecule has 0 saturated carbocycles. The number of ether oxygens (including phenoxy) is 1. The Morgan fingerprint density at radius 3 is 2.26 bits per heavy atom. The monoisotopic (exact) mass is 299 g/mol. The van der Waals surface area contributed by atoms with Gasteiger partial charge in [0.1, 0.15) is 18.3 Å². The maximum atomic E-state index is 11.0. The molecule has 0 aromatic carbocycles. The van der Waals surface area contributed by atoms with Gasteiger partial charge in [0.05, 0.1) is 24.9 Å². The Hall–Kier alpha value is -0.540. The fraction of sp³-hybridized carbons (Fsp3) is 0.889. The molecule has 1 heterocycles. The summed E-state index contributed by atoms with van der Waals surface area (Å²) in [4.78, 5) is 28.9. The van der Waals surface area contributed by atoms with Gasteiger partial charge in [-0.3, -0.25) is 9.36 Å². The van der Waals surface area contributed by atoms with Crippen LogP contribution in [0.2, 0.25) is 0 Å². The molecular formula is C9H18NO8P. The third-order valence-electron chi connectivity index (χ3n) is 2.82. The molecule has 6 N–H and O–H groups in total. The van der Waals surface area contributed by atoms with Gasteiger partial charge >= 0.3 is 7.60 Å². The number of aliphatic hydroxyl groups excluding tert-OH is 3. The Morgan fingerprint density at radius 1 is 1.26 bits per heavy atom. The minimum Gasteiger partial charge on any atom is -0.394 e. The Kier molecular flexibility index (Phi) is 5.45. The van der Waals surface area contributed by atoms with Crippen LogP contribution in [0.25, 0.3) is 0 Å². The number of carbonyl (C=O) groups excluding carboxylic acids is 1. The van der Waals surface area contributed by atoms with Crippen LogP contribution >= 0.6 is 7.60 Å². The van der Waals surface area contributed by atoms with E-state index >= 15 is 0 Å². The molecule has 0 aromatic heterocycles. The minimum atomic E-state index is -4.45. The lowest BCUT2D eigenvalue weighted by molar-refractivity contribution is -0.190. The van der Waals surface area contributed by atoms with Crippen LogP contribution in [-0.4, -0.2) is 74.2 Å². The summed E-state index contributed by atoms with van der Waals surface area (Å²) in [5.74, 6) is -0.544. The molecule has 0 unspecified atom stereocenters. The van der Waals surface area contributed by atoms with Crippen molar-refractivity contribution in [1.82, 2.24) is 5.32 Å². The van der Waals surface area contributed by atoms with Gasteiger partial charge in [-0.1, -0.05) is 0 Å². The van der Waals surface area contributed by atoms with E-state index in [1.165, 1.54) is 0 Å². The second-order valence-electron chi connectivity index (χ2n) is 4.45. The van der Waals surface area contributed by atoms with Crippen molar-refractivity contribution in [3.63, 3.8) is 0 Å². The third kappa shape index (κ3) is 4.50. The lowest BCUT2D eigenvalue weighted by Crippen LogP contribution is -2.64. The van der Waals surface area contributed by atoms with Gasteiger partial charge in [-0.25, -0.2) is 0 Å². The summed E-state index contributed by atoms with van der Waals surface area (Å²) in [6.07, 6.45) is -6.07. The number of aliphatic hydroxyl groups is 3. The molecule has 1 aliphatic rings. The Balaban J connectivity index is 2.92. The van der Waals surface area contributed by atoms with Gasteiger partial charge in [0.15, 0.2) is 0 Å². The zero-order valence-corrected chi connectivity index (χ0v) is 11.1. The maximum Gasteiger partial charge on any atom is 0.328 e. The van der Waals surface area contributed by atoms with Crippen LogP contribution in [-0.2, 0) is 14.1 Å². The molecule has 9 nitrogen and oxygen atoms in total. The first-order chi connectivity index (χ1) is 8.65. The zero-order chi connectivity index (χ0) is 14.8. The molecule has 1 aliphatic heterocycles. The van der Waals surface area contributed by atoms with Crippen LogP contribution in [0.1, 0.15) is 6.92 Å². The minimum absolute atomic E-state index is 0.544. The highest BCUT2D eigenvalue weighted by molar-refractivity contribution is 7.51. The molecule has 1 rings (SSSR count). The van der Waals surface area contributed by atoms with E-state index in [-0.39, 0.29) is 0 Å². The van der Waals surface area contributed by atoms with Gasteiger partial charge in [0.2, 0.25) is 5.91 Å². The van der Waals surface area contributed by atoms with E-state index in [0.717, 1.165) is 6.92 Å². The highest BCUT2D eigenvalue weighted by Gasteiger charge is 2.46. The van der Waals surface area contributed by atoms with Gasteiger partial charge < -0.3 is 35.2 Å². The summed E-state index contributed by atoms with van der Waals surface area (Å²) in [5.41, 5.74) is 0. The standard InChI is InChI=1S/C9H18NO8P/c1-4(12)10-7-6(3-19(15,16)17)18-5(2-11)8(13)9(7)14/h5-9,11,13-14H,2-3H2,1H3,(H,10,12)(H2,15,16,17)/t5-,6-,7-,8-,9-/m1/s1. The second kappa shape index (κ2) is 6.27.